The van der Waals surface area contributed by atoms with E-state index in [1.54, 1.807) is 11.8 Å². The van der Waals surface area contributed by atoms with Crippen LogP contribution in [0.4, 0.5) is 0 Å². The zero-order chi connectivity index (χ0) is 10.7. The lowest BCUT2D eigenvalue weighted by atomic mass is 10.3. The van der Waals surface area contributed by atoms with Crippen molar-refractivity contribution in [3.8, 4) is 0 Å². The number of hydrogen-bond acceptors (Lipinski definition) is 3. The first-order valence-electron chi connectivity index (χ1n) is 5.11. The minimum absolute atomic E-state index is 0.0163. The first-order chi connectivity index (χ1) is 7.31. The maximum absolute atomic E-state index is 11.6. The third-order valence-corrected chi connectivity index (χ3v) is 3.87. The van der Waals surface area contributed by atoms with Crippen molar-refractivity contribution in [3.63, 3.8) is 0 Å². The molecule has 0 aliphatic heterocycles. The topological polar surface area (TPSA) is 26.3 Å². The number of carbonyl (C=O) groups excluding carboxylic acids is 1. The van der Waals surface area contributed by atoms with Gasteiger partial charge in [-0.3, -0.25) is 4.79 Å². The lowest BCUT2D eigenvalue weighted by Gasteiger charge is -2.12. The fourth-order valence-electron chi connectivity index (χ4n) is 1.50. The Morgan fingerprint density at radius 1 is 1.40 bits per heavy atom. The normalized spacial score (nSPS) is 17.1. The molecule has 0 amide bonds. The van der Waals surface area contributed by atoms with E-state index in [1.807, 2.05) is 30.3 Å². The number of ether oxygens (including phenoxy) is 1. The highest BCUT2D eigenvalue weighted by Gasteiger charge is 2.37. The largest absolute Gasteiger partial charge is 0.468 e. The summed E-state index contributed by atoms with van der Waals surface area (Å²) in [7, 11) is 1.46. The molecule has 0 aromatic heterocycles. The van der Waals surface area contributed by atoms with Crippen LogP contribution in [0.5, 0.6) is 0 Å². The molecule has 15 heavy (non-hydrogen) atoms. The maximum Gasteiger partial charge on any atom is 0.319 e. The quantitative estimate of drug-likeness (QED) is 0.579. The molecule has 1 fully saturated rings. The Morgan fingerprint density at radius 2 is 2.07 bits per heavy atom. The Kier molecular flexibility index (Phi) is 3.31. The summed E-state index contributed by atoms with van der Waals surface area (Å²) in [4.78, 5) is 12.7. The molecule has 3 heteroatoms. The van der Waals surface area contributed by atoms with Gasteiger partial charge in [-0.25, -0.2) is 0 Å². The SMILES string of the molecule is COC(=O)C(Sc1ccccc1)C1CC1. The number of esters is 1. The number of rotatable bonds is 4. The van der Waals surface area contributed by atoms with Crippen LogP contribution in [0.2, 0.25) is 0 Å². The van der Waals surface area contributed by atoms with Gasteiger partial charge in [0.1, 0.15) is 5.25 Å². The lowest BCUT2D eigenvalue weighted by Crippen LogP contribution is -2.20. The Labute approximate surface area is 94.0 Å². The zero-order valence-corrected chi connectivity index (χ0v) is 9.50. The van der Waals surface area contributed by atoms with Gasteiger partial charge >= 0.3 is 5.97 Å². The van der Waals surface area contributed by atoms with Gasteiger partial charge in [0.05, 0.1) is 7.11 Å². The summed E-state index contributed by atoms with van der Waals surface area (Å²) in [6.07, 6.45) is 2.30. The molecule has 1 saturated carbocycles. The fourth-order valence-corrected chi connectivity index (χ4v) is 2.76. The molecule has 80 valence electrons. The summed E-state index contributed by atoms with van der Waals surface area (Å²) in [5, 5.41) is -0.0163. The average Bonchev–Trinajstić information content (AvgIpc) is 3.10. The van der Waals surface area contributed by atoms with E-state index in [2.05, 4.69) is 0 Å². The number of thioether (sulfide) groups is 1. The Morgan fingerprint density at radius 3 is 2.60 bits per heavy atom. The standard InChI is InChI=1S/C12H14O2S/c1-14-12(13)11(9-7-8-9)15-10-5-3-2-4-6-10/h2-6,9,11H,7-8H2,1H3. The number of benzene rings is 1. The van der Waals surface area contributed by atoms with E-state index in [4.69, 9.17) is 4.74 Å². The van der Waals surface area contributed by atoms with Crippen LogP contribution in [0.1, 0.15) is 12.8 Å². The van der Waals surface area contributed by atoms with Crippen LogP contribution in [-0.4, -0.2) is 18.3 Å². The fraction of sp³-hybridized carbons (Fsp3) is 0.417. The molecule has 0 radical (unpaired) electrons. The van der Waals surface area contributed by atoms with Gasteiger partial charge in [0.2, 0.25) is 0 Å². The first-order valence-corrected chi connectivity index (χ1v) is 5.99. The van der Waals surface area contributed by atoms with Gasteiger partial charge in [0.15, 0.2) is 0 Å². The molecule has 0 spiro atoms. The monoisotopic (exact) mass is 222 g/mol. The molecule has 1 aromatic rings. The van der Waals surface area contributed by atoms with Crippen molar-refractivity contribution in [2.24, 2.45) is 5.92 Å². The molecule has 2 nitrogen and oxygen atoms in total. The van der Waals surface area contributed by atoms with E-state index in [0.29, 0.717) is 5.92 Å². The molecule has 1 aliphatic rings. The van der Waals surface area contributed by atoms with E-state index >= 15 is 0 Å². The molecule has 0 heterocycles. The maximum atomic E-state index is 11.6. The Hall–Kier alpha value is -0.960. The highest BCUT2D eigenvalue weighted by molar-refractivity contribution is 8.00. The van der Waals surface area contributed by atoms with Gasteiger partial charge < -0.3 is 4.74 Å². The second kappa shape index (κ2) is 4.71. The molecule has 0 saturated heterocycles. The zero-order valence-electron chi connectivity index (χ0n) is 8.68. The molecule has 0 N–H and O–H groups in total. The molecule has 1 unspecified atom stereocenters. The van der Waals surface area contributed by atoms with Gasteiger partial charge in [-0.2, -0.15) is 0 Å². The van der Waals surface area contributed by atoms with Crippen LogP contribution in [-0.2, 0) is 9.53 Å². The number of hydrogen-bond donors (Lipinski definition) is 0. The highest BCUT2D eigenvalue weighted by atomic mass is 32.2. The van der Waals surface area contributed by atoms with Crippen LogP contribution in [0.15, 0.2) is 35.2 Å². The van der Waals surface area contributed by atoms with Crippen LogP contribution < -0.4 is 0 Å². The summed E-state index contributed by atoms with van der Waals surface area (Å²) < 4.78 is 4.83. The number of methoxy groups -OCH3 is 1. The van der Waals surface area contributed by atoms with Crippen LogP contribution >= 0.6 is 11.8 Å². The first kappa shape index (κ1) is 10.6. The van der Waals surface area contributed by atoms with Gasteiger partial charge in [0.25, 0.3) is 0 Å². The average molecular weight is 222 g/mol. The third-order valence-electron chi connectivity index (χ3n) is 2.49. The summed E-state index contributed by atoms with van der Waals surface area (Å²) in [6, 6.07) is 10.0. The van der Waals surface area contributed by atoms with Crippen LogP contribution in [0.3, 0.4) is 0 Å². The van der Waals surface area contributed by atoms with E-state index in [9.17, 15) is 4.79 Å². The summed E-state index contributed by atoms with van der Waals surface area (Å²) in [5.41, 5.74) is 0. The van der Waals surface area contributed by atoms with Crippen molar-refractivity contribution in [1.82, 2.24) is 0 Å². The molecule has 1 aromatic carbocycles. The minimum Gasteiger partial charge on any atom is -0.468 e. The van der Waals surface area contributed by atoms with E-state index < -0.39 is 0 Å². The smallest absolute Gasteiger partial charge is 0.319 e. The predicted molar refractivity (Wildman–Crippen MR) is 60.8 cm³/mol. The lowest BCUT2D eigenvalue weighted by molar-refractivity contribution is -0.140. The Bertz CT molecular complexity index is 333. The summed E-state index contributed by atoms with van der Waals surface area (Å²) in [5.74, 6) is 0.425. The van der Waals surface area contributed by atoms with Gasteiger partial charge in [-0.1, -0.05) is 18.2 Å². The molecule has 1 aliphatic carbocycles. The van der Waals surface area contributed by atoms with Crippen molar-refractivity contribution < 1.29 is 9.53 Å². The summed E-state index contributed by atoms with van der Waals surface area (Å²) >= 11 is 1.62. The van der Waals surface area contributed by atoms with Gasteiger partial charge in [-0.15, -0.1) is 11.8 Å². The second-order valence-corrected chi connectivity index (χ2v) is 4.93. The summed E-state index contributed by atoms with van der Waals surface area (Å²) in [6.45, 7) is 0. The predicted octanol–water partition coefficient (Wildman–Crippen LogP) is 2.73. The second-order valence-electron chi connectivity index (χ2n) is 3.71. The van der Waals surface area contributed by atoms with Crippen molar-refractivity contribution in [1.29, 1.82) is 0 Å². The van der Waals surface area contributed by atoms with Crippen LogP contribution in [0.25, 0.3) is 0 Å². The van der Waals surface area contributed by atoms with Crippen molar-refractivity contribution >= 4 is 17.7 Å². The minimum atomic E-state index is -0.0913. The van der Waals surface area contributed by atoms with Crippen LogP contribution in [0, 0.1) is 5.92 Å². The van der Waals surface area contributed by atoms with Crippen molar-refractivity contribution in [3.05, 3.63) is 30.3 Å². The van der Waals surface area contributed by atoms with E-state index in [-0.39, 0.29) is 11.2 Å². The van der Waals surface area contributed by atoms with Gasteiger partial charge in [0, 0.05) is 4.90 Å². The van der Waals surface area contributed by atoms with Crippen molar-refractivity contribution in [2.75, 3.05) is 7.11 Å². The molecule has 0 bridgehead atoms. The molecular weight excluding hydrogens is 208 g/mol. The molecule has 2 rings (SSSR count). The van der Waals surface area contributed by atoms with E-state index in [1.165, 1.54) is 7.11 Å². The third kappa shape index (κ3) is 2.75. The molecular formula is C12H14O2S. The van der Waals surface area contributed by atoms with Crippen molar-refractivity contribution in [2.45, 2.75) is 23.0 Å². The van der Waals surface area contributed by atoms with Gasteiger partial charge in [-0.05, 0) is 30.9 Å². The molecule has 1 atom stereocenters. The van der Waals surface area contributed by atoms with E-state index in [0.717, 1.165) is 17.7 Å². The number of carbonyl (C=O) groups is 1. The Balaban J connectivity index is 2.04. The highest BCUT2D eigenvalue weighted by Crippen LogP contribution is 2.42.